The van der Waals surface area contributed by atoms with Gasteiger partial charge in [0.15, 0.2) is 0 Å². The molecule has 1 heterocycles. The zero-order valence-electron chi connectivity index (χ0n) is 13.5. The molecule has 4 heteroatoms. The van der Waals surface area contributed by atoms with Crippen LogP contribution in [0, 0.1) is 0 Å². The van der Waals surface area contributed by atoms with Crippen LogP contribution in [0.1, 0.15) is 42.6 Å². The maximum Gasteiger partial charge on any atom is 0.276 e. The van der Waals surface area contributed by atoms with Gasteiger partial charge in [0.05, 0.1) is 0 Å². The smallest absolute Gasteiger partial charge is 0.276 e. The molecule has 0 radical (unpaired) electrons. The molecule has 0 bridgehead atoms. The average molecular weight is 309 g/mol. The maximum absolute atomic E-state index is 12.6. The normalized spacial score (nSPS) is 15.2. The largest absolute Gasteiger partial charge is 0.382 e. The molecule has 2 aromatic rings. The first-order valence-electron chi connectivity index (χ1n) is 8.30. The van der Waals surface area contributed by atoms with Crippen LogP contribution in [-0.4, -0.2) is 24.0 Å². The van der Waals surface area contributed by atoms with Crippen LogP contribution in [0.25, 0.3) is 0 Å². The van der Waals surface area contributed by atoms with Crippen molar-refractivity contribution in [3.8, 4) is 0 Å². The van der Waals surface area contributed by atoms with Gasteiger partial charge in [0.2, 0.25) is 0 Å². The third-order valence-corrected chi connectivity index (χ3v) is 4.40. The van der Waals surface area contributed by atoms with Crippen molar-refractivity contribution in [2.75, 3.05) is 17.3 Å². The number of carbonyl (C=O) groups is 1. The number of carbonyl (C=O) groups excluding carboxylic acids is 1. The maximum atomic E-state index is 12.6. The van der Waals surface area contributed by atoms with Gasteiger partial charge in [-0.1, -0.05) is 37.5 Å². The highest BCUT2D eigenvalue weighted by Crippen LogP contribution is 2.22. The summed E-state index contributed by atoms with van der Waals surface area (Å²) < 4.78 is 0. The van der Waals surface area contributed by atoms with Gasteiger partial charge in [0.1, 0.15) is 5.69 Å². The Morgan fingerprint density at radius 2 is 1.87 bits per heavy atom. The van der Waals surface area contributed by atoms with E-state index in [-0.39, 0.29) is 5.91 Å². The fourth-order valence-corrected chi connectivity index (χ4v) is 3.06. The predicted octanol–water partition coefficient (Wildman–Crippen LogP) is 4.10. The molecule has 1 aliphatic carbocycles. The summed E-state index contributed by atoms with van der Waals surface area (Å²) in [5.41, 5.74) is 2.32. The van der Waals surface area contributed by atoms with Crippen molar-refractivity contribution < 1.29 is 4.79 Å². The van der Waals surface area contributed by atoms with Crippen LogP contribution < -0.4 is 10.2 Å². The first-order valence-corrected chi connectivity index (χ1v) is 8.30. The molecule has 0 atom stereocenters. The number of anilines is 2. The Morgan fingerprint density at radius 3 is 2.61 bits per heavy atom. The van der Waals surface area contributed by atoms with Gasteiger partial charge in [0.25, 0.3) is 5.91 Å². The number of aromatic nitrogens is 1. The van der Waals surface area contributed by atoms with E-state index in [2.05, 4.69) is 10.3 Å². The van der Waals surface area contributed by atoms with Crippen LogP contribution in [-0.2, 0) is 0 Å². The van der Waals surface area contributed by atoms with Crippen LogP contribution in [0.5, 0.6) is 0 Å². The summed E-state index contributed by atoms with van der Waals surface area (Å²) in [7, 11) is 1.78. The van der Waals surface area contributed by atoms with Crippen molar-refractivity contribution in [3.63, 3.8) is 0 Å². The van der Waals surface area contributed by atoms with E-state index in [0.717, 1.165) is 11.4 Å². The average Bonchev–Trinajstić information content (AvgIpc) is 2.62. The number of nitrogens with one attached hydrogen (secondary N) is 1. The Labute approximate surface area is 137 Å². The lowest BCUT2D eigenvalue weighted by molar-refractivity contribution is 0.0988. The zero-order valence-corrected chi connectivity index (χ0v) is 13.5. The Balaban J connectivity index is 1.72. The number of pyridine rings is 1. The fourth-order valence-electron chi connectivity index (χ4n) is 3.06. The van der Waals surface area contributed by atoms with E-state index in [9.17, 15) is 4.79 Å². The fraction of sp³-hybridized carbons (Fsp3) is 0.368. The molecule has 0 aliphatic heterocycles. The summed E-state index contributed by atoms with van der Waals surface area (Å²) in [6, 6.07) is 13.9. The summed E-state index contributed by atoms with van der Waals surface area (Å²) in [5.74, 6) is -0.0940. The summed E-state index contributed by atoms with van der Waals surface area (Å²) >= 11 is 0. The predicted molar refractivity (Wildman–Crippen MR) is 93.9 cm³/mol. The molecular weight excluding hydrogens is 286 g/mol. The van der Waals surface area contributed by atoms with E-state index in [4.69, 9.17) is 0 Å². The lowest BCUT2D eigenvalue weighted by atomic mass is 9.95. The van der Waals surface area contributed by atoms with Crippen molar-refractivity contribution in [3.05, 3.63) is 54.4 Å². The summed E-state index contributed by atoms with van der Waals surface area (Å²) in [6.45, 7) is 0. The molecule has 0 unspecified atom stereocenters. The topological polar surface area (TPSA) is 45.2 Å². The summed E-state index contributed by atoms with van der Waals surface area (Å²) in [5, 5.41) is 3.54. The number of hydrogen-bond acceptors (Lipinski definition) is 3. The number of hydrogen-bond donors (Lipinski definition) is 1. The molecule has 1 fully saturated rings. The van der Waals surface area contributed by atoms with Crippen molar-refractivity contribution in [1.82, 2.24) is 4.98 Å². The molecule has 3 rings (SSSR count). The number of rotatable bonds is 4. The third-order valence-electron chi connectivity index (χ3n) is 4.40. The molecular formula is C19H23N3O. The second kappa shape index (κ2) is 7.27. The van der Waals surface area contributed by atoms with Gasteiger partial charge in [-0.05, 0) is 37.1 Å². The van der Waals surface area contributed by atoms with Gasteiger partial charge in [-0.25, -0.2) is 0 Å². The van der Waals surface area contributed by atoms with E-state index >= 15 is 0 Å². The van der Waals surface area contributed by atoms with Crippen molar-refractivity contribution in [2.45, 2.75) is 38.1 Å². The molecule has 1 aromatic carbocycles. The van der Waals surface area contributed by atoms with Gasteiger partial charge < -0.3 is 10.2 Å². The minimum absolute atomic E-state index is 0.0940. The Kier molecular flexibility index (Phi) is 4.91. The monoisotopic (exact) mass is 309 g/mol. The SMILES string of the molecule is CN(C(=O)c1cc(NC2CCCCC2)ccn1)c1ccccc1. The molecule has 1 amide bonds. The molecule has 1 N–H and O–H groups in total. The van der Waals surface area contributed by atoms with Crippen LogP contribution in [0.2, 0.25) is 0 Å². The van der Waals surface area contributed by atoms with Crippen LogP contribution in [0.15, 0.2) is 48.7 Å². The Morgan fingerprint density at radius 1 is 1.13 bits per heavy atom. The summed E-state index contributed by atoms with van der Waals surface area (Å²) in [4.78, 5) is 18.5. The number of para-hydroxylation sites is 1. The number of nitrogens with zero attached hydrogens (tertiary/aromatic N) is 2. The first-order chi connectivity index (χ1) is 11.2. The van der Waals surface area contributed by atoms with E-state index in [1.54, 1.807) is 18.1 Å². The standard InChI is InChI=1S/C19H23N3O/c1-22(17-10-6-3-7-11-17)19(23)18-14-16(12-13-20-18)21-15-8-4-2-5-9-15/h3,6-7,10-15H,2,4-5,8-9H2,1H3,(H,20,21). The minimum atomic E-state index is -0.0940. The molecule has 1 aromatic heterocycles. The number of benzene rings is 1. The third kappa shape index (κ3) is 3.89. The van der Waals surface area contributed by atoms with Gasteiger partial charge in [-0.15, -0.1) is 0 Å². The zero-order chi connectivity index (χ0) is 16.1. The highest BCUT2D eigenvalue weighted by Gasteiger charge is 2.17. The highest BCUT2D eigenvalue weighted by atomic mass is 16.2. The summed E-state index contributed by atoms with van der Waals surface area (Å²) in [6.07, 6.45) is 8.01. The van der Waals surface area contributed by atoms with E-state index in [1.807, 2.05) is 42.5 Å². The number of amides is 1. The Bertz CT molecular complexity index is 651. The highest BCUT2D eigenvalue weighted by molar-refractivity contribution is 6.04. The quantitative estimate of drug-likeness (QED) is 0.924. The van der Waals surface area contributed by atoms with Crippen LogP contribution in [0.3, 0.4) is 0 Å². The van der Waals surface area contributed by atoms with Gasteiger partial charge in [0, 0.05) is 30.7 Å². The lowest BCUT2D eigenvalue weighted by Gasteiger charge is -2.24. The van der Waals surface area contributed by atoms with Gasteiger partial charge in [-0.2, -0.15) is 0 Å². The van der Waals surface area contributed by atoms with Crippen molar-refractivity contribution in [2.24, 2.45) is 0 Å². The molecule has 4 nitrogen and oxygen atoms in total. The molecule has 0 saturated heterocycles. The Hall–Kier alpha value is -2.36. The molecule has 120 valence electrons. The van der Waals surface area contributed by atoms with E-state index < -0.39 is 0 Å². The van der Waals surface area contributed by atoms with Gasteiger partial charge in [-0.3, -0.25) is 9.78 Å². The molecule has 23 heavy (non-hydrogen) atoms. The van der Waals surface area contributed by atoms with E-state index in [1.165, 1.54) is 32.1 Å². The molecule has 1 aliphatic rings. The van der Waals surface area contributed by atoms with Gasteiger partial charge >= 0.3 is 0 Å². The second-order valence-electron chi connectivity index (χ2n) is 6.11. The van der Waals surface area contributed by atoms with Crippen LogP contribution >= 0.6 is 0 Å². The van der Waals surface area contributed by atoms with Crippen molar-refractivity contribution in [1.29, 1.82) is 0 Å². The first kappa shape index (κ1) is 15.5. The van der Waals surface area contributed by atoms with E-state index in [0.29, 0.717) is 11.7 Å². The van der Waals surface area contributed by atoms with Crippen molar-refractivity contribution >= 4 is 17.3 Å². The lowest BCUT2D eigenvalue weighted by Crippen LogP contribution is -2.27. The second-order valence-corrected chi connectivity index (χ2v) is 6.11. The molecule has 1 saturated carbocycles. The minimum Gasteiger partial charge on any atom is -0.382 e. The molecule has 0 spiro atoms. The van der Waals surface area contributed by atoms with Crippen LogP contribution in [0.4, 0.5) is 11.4 Å².